The lowest BCUT2D eigenvalue weighted by atomic mass is 9.82. The number of hydrogen-bond donors (Lipinski definition) is 0. The largest absolute Gasteiger partial charge is 0.378 e. The van der Waals surface area contributed by atoms with E-state index in [1.807, 2.05) is 0 Å². The Morgan fingerprint density at radius 2 is 2.04 bits per heavy atom. The molecule has 25 heavy (non-hydrogen) atoms. The van der Waals surface area contributed by atoms with E-state index in [4.69, 9.17) is 14.2 Å². The third-order valence-electron chi connectivity index (χ3n) is 5.23. The maximum Gasteiger partial charge on any atom is 0.157 e. The summed E-state index contributed by atoms with van der Waals surface area (Å²) in [6, 6.07) is 10.8. The lowest BCUT2D eigenvalue weighted by molar-refractivity contribution is -0.170. The maximum absolute atomic E-state index is 5.96. The highest BCUT2D eigenvalue weighted by molar-refractivity contribution is 5.14. The molecule has 2 aliphatic rings. The fourth-order valence-electron chi connectivity index (χ4n) is 3.92. The van der Waals surface area contributed by atoms with E-state index < -0.39 is 0 Å². The van der Waals surface area contributed by atoms with Crippen LogP contribution in [0.4, 0.5) is 0 Å². The van der Waals surface area contributed by atoms with Crippen molar-refractivity contribution in [2.45, 2.75) is 51.9 Å². The summed E-state index contributed by atoms with van der Waals surface area (Å²) in [5.74, 6) is 0. The fraction of sp³-hybridized carbons (Fsp3) is 0.714. The van der Waals surface area contributed by atoms with Crippen LogP contribution in [0.25, 0.3) is 0 Å². The number of likely N-dealkylation sites (tertiary alicyclic amines) is 1. The van der Waals surface area contributed by atoms with Crippen LogP contribution in [0.1, 0.15) is 44.6 Å². The molecule has 3 rings (SSSR count). The Balaban J connectivity index is 1.34. The van der Waals surface area contributed by atoms with Gasteiger partial charge in [-0.2, -0.15) is 0 Å². The summed E-state index contributed by atoms with van der Waals surface area (Å²) < 4.78 is 17.3. The minimum atomic E-state index is -0.0102. The topological polar surface area (TPSA) is 30.9 Å². The molecule has 0 N–H and O–H groups in total. The fourth-order valence-corrected chi connectivity index (χ4v) is 3.92. The number of ether oxygens (including phenoxy) is 3. The summed E-state index contributed by atoms with van der Waals surface area (Å²) in [7, 11) is 0. The Labute approximate surface area is 152 Å². The first-order valence-corrected chi connectivity index (χ1v) is 9.81. The average Bonchev–Trinajstić information content (AvgIpc) is 2.63. The van der Waals surface area contributed by atoms with Gasteiger partial charge in [-0.1, -0.05) is 37.3 Å². The zero-order valence-electron chi connectivity index (χ0n) is 15.6. The molecule has 0 radical (unpaired) electrons. The molecule has 1 aromatic rings. The van der Waals surface area contributed by atoms with E-state index in [1.165, 1.54) is 31.4 Å². The summed E-state index contributed by atoms with van der Waals surface area (Å²) >= 11 is 0. The average molecular weight is 347 g/mol. The van der Waals surface area contributed by atoms with Crippen LogP contribution >= 0.6 is 0 Å². The lowest BCUT2D eigenvalue weighted by Crippen LogP contribution is -2.43. The van der Waals surface area contributed by atoms with Crippen molar-refractivity contribution in [3.05, 3.63) is 35.9 Å². The summed E-state index contributed by atoms with van der Waals surface area (Å²) in [5.41, 5.74) is 1.64. The van der Waals surface area contributed by atoms with E-state index in [0.29, 0.717) is 13.2 Å². The highest BCUT2D eigenvalue weighted by Crippen LogP contribution is 2.30. The molecule has 1 aromatic carbocycles. The van der Waals surface area contributed by atoms with Crippen LogP contribution in [0, 0.1) is 5.41 Å². The maximum atomic E-state index is 5.96. The summed E-state index contributed by atoms with van der Waals surface area (Å²) in [4.78, 5) is 2.56. The molecule has 0 bridgehead atoms. The molecule has 0 spiro atoms. The van der Waals surface area contributed by atoms with Crippen LogP contribution in [-0.4, -0.2) is 50.7 Å². The Morgan fingerprint density at radius 1 is 1.16 bits per heavy atom. The van der Waals surface area contributed by atoms with Crippen molar-refractivity contribution >= 4 is 0 Å². The van der Waals surface area contributed by atoms with Gasteiger partial charge in [-0.15, -0.1) is 0 Å². The van der Waals surface area contributed by atoms with E-state index >= 15 is 0 Å². The number of hydrogen-bond acceptors (Lipinski definition) is 4. The summed E-state index contributed by atoms with van der Waals surface area (Å²) in [5, 5.41) is 0. The summed E-state index contributed by atoms with van der Waals surface area (Å²) in [6.07, 6.45) is 5.87. The van der Waals surface area contributed by atoms with Gasteiger partial charge in [0.25, 0.3) is 0 Å². The van der Waals surface area contributed by atoms with Crippen LogP contribution in [0.5, 0.6) is 0 Å². The molecule has 1 unspecified atom stereocenters. The van der Waals surface area contributed by atoms with E-state index in [-0.39, 0.29) is 11.7 Å². The molecule has 4 heteroatoms. The van der Waals surface area contributed by atoms with Crippen molar-refractivity contribution in [2.24, 2.45) is 5.41 Å². The molecule has 2 heterocycles. The van der Waals surface area contributed by atoms with Gasteiger partial charge in [0.2, 0.25) is 0 Å². The number of nitrogens with zero attached hydrogens (tertiary/aromatic N) is 1. The van der Waals surface area contributed by atoms with Gasteiger partial charge in [0.1, 0.15) is 0 Å². The quantitative estimate of drug-likeness (QED) is 0.669. The standard InChI is InChI=1S/C21H33NO3/c1-21(18-23-14-15-25-20-10-5-6-13-24-20)11-7-12-22(17-21)16-19-8-3-2-4-9-19/h2-4,8-9,20H,5-7,10-18H2,1H3/t20?,21-/m0/s1. The molecule has 0 saturated carbocycles. The molecular weight excluding hydrogens is 314 g/mol. The van der Waals surface area contributed by atoms with Crippen LogP contribution in [0.3, 0.4) is 0 Å². The Hall–Kier alpha value is -0.940. The molecule has 2 saturated heterocycles. The van der Waals surface area contributed by atoms with Gasteiger partial charge < -0.3 is 14.2 Å². The van der Waals surface area contributed by atoms with Gasteiger partial charge in [0.15, 0.2) is 6.29 Å². The first-order valence-electron chi connectivity index (χ1n) is 9.81. The third kappa shape index (κ3) is 6.37. The first kappa shape index (κ1) is 18.8. The lowest BCUT2D eigenvalue weighted by Gasteiger charge is -2.40. The van der Waals surface area contributed by atoms with E-state index in [2.05, 4.69) is 42.2 Å². The number of piperidine rings is 1. The highest BCUT2D eigenvalue weighted by atomic mass is 16.7. The van der Waals surface area contributed by atoms with Gasteiger partial charge in [0.05, 0.1) is 19.8 Å². The molecule has 4 nitrogen and oxygen atoms in total. The molecule has 2 aliphatic heterocycles. The monoisotopic (exact) mass is 347 g/mol. The van der Waals surface area contributed by atoms with Crippen LogP contribution in [0.2, 0.25) is 0 Å². The molecule has 2 atom stereocenters. The second-order valence-corrected chi connectivity index (χ2v) is 7.83. The van der Waals surface area contributed by atoms with Crippen molar-refractivity contribution in [3.63, 3.8) is 0 Å². The predicted molar refractivity (Wildman–Crippen MR) is 99.4 cm³/mol. The minimum Gasteiger partial charge on any atom is -0.378 e. The smallest absolute Gasteiger partial charge is 0.157 e. The van der Waals surface area contributed by atoms with Crippen molar-refractivity contribution in [1.82, 2.24) is 4.90 Å². The SMILES string of the molecule is C[C@]1(COCCOC2CCCCO2)CCCN(Cc2ccccc2)C1. The van der Waals surface area contributed by atoms with Crippen LogP contribution < -0.4 is 0 Å². The summed E-state index contributed by atoms with van der Waals surface area (Å²) in [6.45, 7) is 8.63. The van der Waals surface area contributed by atoms with Crippen molar-refractivity contribution in [1.29, 1.82) is 0 Å². The Bertz CT molecular complexity index is 489. The minimum absolute atomic E-state index is 0.0102. The predicted octanol–water partition coefficient (Wildman–Crippen LogP) is 3.85. The zero-order valence-corrected chi connectivity index (χ0v) is 15.6. The second kappa shape index (κ2) is 9.67. The number of rotatable bonds is 8. The van der Waals surface area contributed by atoms with Gasteiger partial charge in [-0.25, -0.2) is 0 Å². The molecule has 0 aromatic heterocycles. The molecule has 0 aliphatic carbocycles. The Morgan fingerprint density at radius 3 is 2.84 bits per heavy atom. The van der Waals surface area contributed by atoms with Gasteiger partial charge in [-0.05, 0) is 44.2 Å². The second-order valence-electron chi connectivity index (χ2n) is 7.83. The van der Waals surface area contributed by atoms with Crippen molar-refractivity contribution in [2.75, 3.05) is 39.5 Å². The first-order chi connectivity index (χ1) is 12.2. The van der Waals surface area contributed by atoms with Crippen molar-refractivity contribution < 1.29 is 14.2 Å². The van der Waals surface area contributed by atoms with Gasteiger partial charge in [0, 0.05) is 25.1 Å². The van der Waals surface area contributed by atoms with E-state index in [1.54, 1.807) is 0 Å². The highest BCUT2D eigenvalue weighted by Gasteiger charge is 2.31. The molecule has 2 fully saturated rings. The molecular formula is C21H33NO3. The van der Waals surface area contributed by atoms with Crippen LogP contribution in [-0.2, 0) is 20.8 Å². The van der Waals surface area contributed by atoms with Crippen molar-refractivity contribution in [3.8, 4) is 0 Å². The van der Waals surface area contributed by atoms with E-state index in [9.17, 15) is 0 Å². The van der Waals surface area contributed by atoms with Gasteiger partial charge in [-0.3, -0.25) is 4.90 Å². The third-order valence-corrected chi connectivity index (χ3v) is 5.23. The van der Waals surface area contributed by atoms with E-state index in [0.717, 1.165) is 39.1 Å². The Kier molecular flexibility index (Phi) is 7.29. The number of benzene rings is 1. The zero-order chi connectivity index (χ0) is 17.4. The van der Waals surface area contributed by atoms with Crippen LogP contribution in [0.15, 0.2) is 30.3 Å². The normalized spacial score (nSPS) is 28.1. The molecule has 0 amide bonds. The van der Waals surface area contributed by atoms with Gasteiger partial charge >= 0.3 is 0 Å². The molecule has 140 valence electrons.